The second kappa shape index (κ2) is 4.63. The van der Waals surface area contributed by atoms with Crippen molar-refractivity contribution < 1.29 is 5.11 Å². The van der Waals surface area contributed by atoms with Crippen LogP contribution in [0.5, 0.6) is 0 Å². The molecule has 2 nitrogen and oxygen atoms in total. The molecule has 2 heteroatoms. The van der Waals surface area contributed by atoms with Gasteiger partial charge in [-0.1, -0.05) is 26.2 Å². The summed E-state index contributed by atoms with van der Waals surface area (Å²) in [5.74, 6) is 0. The van der Waals surface area contributed by atoms with Crippen molar-refractivity contribution in [3.05, 3.63) is 0 Å². The first-order valence-corrected chi connectivity index (χ1v) is 6.25. The van der Waals surface area contributed by atoms with Crippen molar-refractivity contribution in [1.29, 1.82) is 0 Å². The molecule has 0 aromatic heterocycles. The van der Waals surface area contributed by atoms with Gasteiger partial charge >= 0.3 is 0 Å². The third kappa shape index (κ3) is 2.12. The highest BCUT2D eigenvalue weighted by atomic mass is 16.3. The first kappa shape index (κ1) is 10.4. The molecule has 1 saturated carbocycles. The van der Waals surface area contributed by atoms with Gasteiger partial charge < -0.3 is 5.11 Å². The summed E-state index contributed by atoms with van der Waals surface area (Å²) in [4.78, 5) is 2.59. The average Bonchev–Trinajstić information content (AvgIpc) is 2.61. The minimum absolute atomic E-state index is 0.0538. The molecule has 0 radical (unpaired) electrons. The predicted octanol–water partition coefficient (Wildman–Crippen LogP) is 2.16. The van der Waals surface area contributed by atoms with E-state index in [4.69, 9.17) is 0 Å². The van der Waals surface area contributed by atoms with Crippen LogP contribution in [0.4, 0.5) is 0 Å². The molecule has 2 aliphatic rings. The van der Waals surface area contributed by atoms with Crippen LogP contribution >= 0.6 is 0 Å². The fourth-order valence-electron chi connectivity index (χ4n) is 3.18. The van der Waals surface area contributed by atoms with E-state index in [1.54, 1.807) is 0 Å². The van der Waals surface area contributed by atoms with E-state index in [-0.39, 0.29) is 6.10 Å². The van der Waals surface area contributed by atoms with Gasteiger partial charge in [0.1, 0.15) is 0 Å². The Morgan fingerprint density at radius 3 is 2.57 bits per heavy atom. The third-order valence-electron chi connectivity index (χ3n) is 3.95. The van der Waals surface area contributed by atoms with Crippen LogP contribution in [0, 0.1) is 0 Å². The molecular formula is C12H23NO. The van der Waals surface area contributed by atoms with Crippen molar-refractivity contribution in [2.45, 2.75) is 70.1 Å². The number of rotatable bonds is 2. The molecular weight excluding hydrogens is 174 g/mol. The Kier molecular flexibility index (Phi) is 3.45. The Bertz CT molecular complexity index is 177. The highest BCUT2D eigenvalue weighted by Crippen LogP contribution is 2.30. The third-order valence-corrected chi connectivity index (χ3v) is 3.95. The van der Waals surface area contributed by atoms with E-state index in [0.717, 1.165) is 19.0 Å². The summed E-state index contributed by atoms with van der Waals surface area (Å²) in [6.07, 6.45) is 9.10. The maximum Gasteiger partial charge on any atom is 0.0682 e. The van der Waals surface area contributed by atoms with Gasteiger partial charge in [0.25, 0.3) is 0 Å². The van der Waals surface area contributed by atoms with Crippen LogP contribution in [-0.4, -0.2) is 34.7 Å². The molecule has 0 bridgehead atoms. The van der Waals surface area contributed by atoms with Crippen LogP contribution in [0.25, 0.3) is 0 Å². The lowest BCUT2D eigenvalue weighted by molar-refractivity contribution is 0.121. The molecule has 0 amide bonds. The number of β-amino-alcohol motifs (C(OH)–C–C–N with tert-alkyl or cyclic N) is 1. The molecule has 1 aliphatic heterocycles. The van der Waals surface area contributed by atoms with Gasteiger partial charge in [0.2, 0.25) is 0 Å². The number of hydrogen-bond donors (Lipinski definition) is 1. The summed E-state index contributed by atoms with van der Waals surface area (Å²) in [7, 11) is 0. The maximum absolute atomic E-state index is 9.69. The molecule has 0 spiro atoms. The van der Waals surface area contributed by atoms with E-state index in [9.17, 15) is 5.11 Å². The Morgan fingerprint density at radius 2 is 1.93 bits per heavy atom. The van der Waals surface area contributed by atoms with E-state index in [1.807, 2.05) is 0 Å². The lowest BCUT2D eigenvalue weighted by atomic mass is 9.93. The Hall–Kier alpha value is -0.0800. The van der Waals surface area contributed by atoms with Gasteiger partial charge in [-0.05, 0) is 25.7 Å². The minimum Gasteiger partial charge on any atom is -0.392 e. The molecule has 0 aromatic rings. The molecule has 1 saturated heterocycles. The fourth-order valence-corrected chi connectivity index (χ4v) is 3.18. The van der Waals surface area contributed by atoms with E-state index in [2.05, 4.69) is 11.8 Å². The highest BCUT2D eigenvalue weighted by molar-refractivity contribution is 4.89. The predicted molar refractivity (Wildman–Crippen MR) is 58.3 cm³/mol. The zero-order valence-corrected chi connectivity index (χ0v) is 9.28. The van der Waals surface area contributed by atoms with Crippen molar-refractivity contribution in [3.63, 3.8) is 0 Å². The second-order valence-corrected chi connectivity index (χ2v) is 4.94. The topological polar surface area (TPSA) is 23.5 Å². The van der Waals surface area contributed by atoms with E-state index in [1.165, 1.54) is 38.5 Å². The Morgan fingerprint density at radius 1 is 1.21 bits per heavy atom. The Balaban J connectivity index is 1.94. The first-order valence-electron chi connectivity index (χ1n) is 6.25. The smallest absolute Gasteiger partial charge is 0.0682 e. The van der Waals surface area contributed by atoms with E-state index >= 15 is 0 Å². The van der Waals surface area contributed by atoms with E-state index < -0.39 is 0 Å². The summed E-state index contributed by atoms with van der Waals surface area (Å²) in [5, 5.41) is 9.69. The molecule has 1 heterocycles. The molecule has 2 rings (SSSR count). The van der Waals surface area contributed by atoms with Crippen LogP contribution < -0.4 is 0 Å². The van der Waals surface area contributed by atoms with Crippen LogP contribution in [0.1, 0.15) is 51.9 Å². The van der Waals surface area contributed by atoms with Crippen molar-refractivity contribution in [2.75, 3.05) is 6.54 Å². The second-order valence-electron chi connectivity index (χ2n) is 4.94. The van der Waals surface area contributed by atoms with Gasteiger partial charge in [0.15, 0.2) is 0 Å². The SMILES string of the molecule is CCC1C[C@@H](O)CN1C1CCCCC1. The van der Waals surface area contributed by atoms with Crippen LogP contribution in [0.2, 0.25) is 0 Å². The van der Waals surface area contributed by atoms with Gasteiger partial charge in [0, 0.05) is 18.6 Å². The van der Waals surface area contributed by atoms with Crippen LogP contribution in [0.3, 0.4) is 0 Å². The quantitative estimate of drug-likeness (QED) is 0.733. The van der Waals surface area contributed by atoms with Gasteiger partial charge in [-0.25, -0.2) is 0 Å². The summed E-state index contributed by atoms with van der Waals surface area (Å²) < 4.78 is 0. The monoisotopic (exact) mass is 197 g/mol. The molecule has 1 N–H and O–H groups in total. The average molecular weight is 197 g/mol. The summed E-state index contributed by atoms with van der Waals surface area (Å²) in [6.45, 7) is 3.18. The van der Waals surface area contributed by atoms with Crippen molar-refractivity contribution in [3.8, 4) is 0 Å². The van der Waals surface area contributed by atoms with Crippen LogP contribution in [0.15, 0.2) is 0 Å². The summed E-state index contributed by atoms with van der Waals surface area (Å²) in [6, 6.07) is 1.44. The highest BCUT2D eigenvalue weighted by Gasteiger charge is 2.34. The molecule has 2 fully saturated rings. The number of likely N-dealkylation sites (tertiary alicyclic amines) is 1. The lowest BCUT2D eigenvalue weighted by Gasteiger charge is -2.35. The minimum atomic E-state index is -0.0538. The normalized spacial score (nSPS) is 36.4. The van der Waals surface area contributed by atoms with Gasteiger partial charge in [-0.15, -0.1) is 0 Å². The standard InChI is InChI=1S/C12H23NO/c1-2-10-8-12(14)9-13(10)11-6-4-3-5-7-11/h10-12,14H,2-9H2,1H3/t10?,12-/m1/s1. The zero-order chi connectivity index (χ0) is 9.97. The number of aliphatic hydroxyl groups is 1. The zero-order valence-electron chi connectivity index (χ0n) is 9.28. The van der Waals surface area contributed by atoms with Gasteiger partial charge in [0.05, 0.1) is 6.10 Å². The fraction of sp³-hybridized carbons (Fsp3) is 1.00. The number of aliphatic hydroxyl groups excluding tert-OH is 1. The largest absolute Gasteiger partial charge is 0.392 e. The van der Waals surface area contributed by atoms with Crippen molar-refractivity contribution in [1.82, 2.24) is 4.90 Å². The molecule has 2 atom stereocenters. The Labute approximate surface area is 87.3 Å². The van der Waals surface area contributed by atoms with Crippen molar-refractivity contribution in [2.24, 2.45) is 0 Å². The van der Waals surface area contributed by atoms with Crippen LogP contribution in [-0.2, 0) is 0 Å². The first-order chi connectivity index (χ1) is 6.81. The number of hydrogen-bond acceptors (Lipinski definition) is 2. The molecule has 0 aromatic carbocycles. The summed E-state index contributed by atoms with van der Waals surface area (Å²) >= 11 is 0. The van der Waals surface area contributed by atoms with Gasteiger partial charge in [-0.2, -0.15) is 0 Å². The maximum atomic E-state index is 9.69. The molecule has 14 heavy (non-hydrogen) atoms. The number of nitrogens with zero attached hydrogens (tertiary/aromatic N) is 1. The lowest BCUT2D eigenvalue weighted by Crippen LogP contribution is -2.40. The summed E-state index contributed by atoms with van der Waals surface area (Å²) in [5.41, 5.74) is 0. The van der Waals surface area contributed by atoms with Crippen molar-refractivity contribution >= 4 is 0 Å². The molecule has 82 valence electrons. The molecule has 1 aliphatic carbocycles. The van der Waals surface area contributed by atoms with Gasteiger partial charge in [-0.3, -0.25) is 4.90 Å². The van der Waals surface area contributed by atoms with E-state index in [0.29, 0.717) is 6.04 Å². The molecule has 1 unspecified atom stereocenters.